The van der Waals surface area contributed by atoms with Crippen molar-refractivity contribution >= 4 is 11.9 Å². The third-order valence-corrected chi connectivity index (χ3v) is 2.62. The molecule has 0 fully saturated rings. The zero-order chi connectivity index (χ0) is 13.7. The van der Waals surface area contributed by atoms with Crippen molar-refractivity contribution in [2.24, 2.45) is 5.92 Å². The van der Waals surface area contributed by atoms with E-state index in [-0.39, 0.29) is 0 Å². The smallest absolute Gasteiger partial charge is 0.315 e. The summed E-state index contributed by atoms with van der Waals surface area (Å²) in [6.07, 6.45) is 0. The van der Waals surface area contributed by atoms with Gasteiger partial charge in [0.2, 0.25) is 5.91 Å². The summed E-state index contributed by atoms with van der Waals surface area (Å²) >= 11 is 0. The molecular weight excluding hydrogens is 232 g/mol. The molecule has 0 aromatic heterocycles. The van der Waals surface area contributed by atoms with Gasteiger partial charge in [0.05, 0.1) is 11.6 Å². The lowest BCUT2D eigenvalue weighted by molar-refractivity contribution is -0.149. The van der Waals surface area contributed by atoms with E-state index < -0.39 is 17.8 Å². The number of carbonyl (C=O) groups excluding carboxylic acids is 1. The summed E-state index contributed by atoms with van der Waals surface area (Å²) in [5.74, 6) is -2.62. The van der Waals surface area contributed by atoms with Gasteiger partial charge in [-0.2, -0.15) is 5.26 Å². The second kappa shape index (κ2) is 5.82. The summed E-state index contributed by atoms with van der Waals surface area (Å²) in [5, 5.41) is 17.4. The van der Waals surface area contributed by atoms with Gasteiger partial charge in [0.25, 0.3) is 0 Å². The SMILES string of the molecule is CC(C(=O)O)C(=O)N(C)Cc1ccc(C#N)cc1. The molecule has 1 rings (SSSR count). The lowest BCUT2D eigenvalue weighted by Crippen LogP contribution is -2.34. The fraction of sp³-hybridized carbons (Fsp3) is 0.308. The molecule has 5 nitrogen and oxygen atoms in total. The van der Waals surface area contributed by atoms with Crippen molar-refractivity contribution in [3.63, 3.8) is 0 Å². The maximum atomic E-state index is 11.7. The van der Waals surface area contributed by atoms with Crippen molar-refractivity contribution in [3.05, 3.63) is 35.4 Å². The standard InChI is InChI=1S/C13H14N2O3/c1-9(13(17)18)12(16)15(2)8-11-5-3-10(7-14)4-6-11/h3-6,9H,8H2,1-2H3,(H,17,18). The Morgan fingerprint density at radius 2 is 1.94 bits per heavy atom. The van der Waals surface area contributed by atoms with Crippen LogP contribution in [0.1, 0.15) is 18.1 Å². The Bertz CT molecular complexity index is 488. The predicted octanol–water partition coefficient (Wildman–Crippen LogP) is 1.24. The zero-order valence-electron chi connectivity index (χ0n) is 10.3. The van der Waals surface area contributed by atoms with Crippen LogP contribution in [0.3, 0.4) is 0 Å². The van der Waals surface area contributed by atoms with Crippen LogP contribution < -0.4 is 0 Å². The summed E-state index contributed by atoms with van der Waals surface area (Å²) in [6.45, 7) is 1.68. The molecule has 0 bridgehead atoms. The van der Waals surface area contributed by atoms with E-state index >= 15 is 0 Å². The summed E-state index contributed by atoms with van der Waals surface area (Å²) in [5.41, 5.74) is 1.40. The van der Waals surface area contributed by atoms with Crippen molar-refractivity contribution in [1.29, 1.82) is 5.26 Å². The molecule has 0 aliphatic heterocycles. The van der Waals surface area contributed by atoms with Crippen LogP contribution in [0.5, 0.6) is 0 Å². The highest BCUT2D eigenvalue weighted by atomic mass is 16.4. The molecule has 1 atom stereocenters. The molecule has 18 heavy (non-hydrogen) atoms. The van der Waals surface area contributed by atoms with E-state index in [1.807, 2.05) is 6.07 Å². The number of benzene rings is 1. The number of aliphatic carboxylic acids is 1. The van der Waals surface area contributed by atoms with Crippen LogP contribution in [0.4, 0.5) is 0 Å². The Kier molecular flexibility index (Phi) is 4.44. The van der Waals surface area contributed by atoms with Crippen molar-refractivity contribution in [3.8, 4) is 6.07 Å². The van der Waals surface area contributed by atoms with Gasteiger partial charge in [-0.3, -0.25) is 9.59 Å². The molecule has 5 heteroatoms. The van der Waals surface area contributed by atoms with E-state index in [0.717, 1.165) is 5.56 Å². The molecule has 0 heterocycles. The Morgan fingerprint density at radius 3 is 2.39 bits per heavy atom. The van der Waals surface area contributed by atoms with Crippen LogP contribution in [0.2, 0.25) is 0 Å². The van der Waals surface area contributed by atoms with E-state index in [4.69, 9.17) is 10.4 Å². The van der Waals surface area contributed by atoms with E-state index in [0.29, 0.717) is 12.1 Å². The van der Waals surface area contributed by atoms with Crippen molar-refractivity contribution < 1.29 is 14.7 Å². The molecule has 0 aliphatic carbocycles. The molecule has 0 saturated carbocycles. The second-order valence-corrected chi connectivity index (χ2v) is 4.06. The lowest BCUT2D eigenvalue weighted by Gasteiger charge is -2.19. The van der Waals surface area contributed by atoms with E-state index in [1.54, 1.807) is 31.3 Å². The molecule has 0 spiro atoms. The van der Waals surface area contributed by atoms with Gasteiger partial charge in [-0.15, -0.1) is 0 Å². The number of carbonyl (C=O) groups is 2. The first kappa shape index (κ1) is 13.7. The van der Waals surface area contributed by atoms with Gasteiger partial charge in [0.1, 0.15) is 5.92 Å². The van der Waals surface area contributed by atoms with Gasteiger partial charge in [-0.05, 0) is 24.6 Å². The zero-order valence-corrected chi connectivity index (χ0v) is 10.3. The number of amides is 1. The minimum atomic E-state index is -1.13. The van der Waals surface area contributed by atoms with Crippen molar-refractivity contribution in [2.45, 2.75) is 13.5 Å². The summed E-state index contributed by atoms with van der Waals surface area (Å²) < 4.78 is 0. The first-order valence-corrected chi connectivity index (χ1v) is 5.42. The highest BCUT2D eigenvalue weighted by Crippen LogP contribution is 2.09. The number of nitriles is 1. The van der Waals surface area contributed by atoms with Crippen LogP contribution >= 0.6 is 0 Å². The Balaban J connectivity index is 2.69. The molecule has 0 radical (unpaired) electrons. The topological polar surface area (TPSA) is 81.4 Å². The summed E-state index contributed by atoms with van der Waals surface area (Å²) in [7, 11) is 1.56. The van der Waals surface area contributed by atoms with E-state index in [2.05, 4.69) is 0 Å². The Morgan fingerprint density at radius 1 is 1.39 bits per heavy atom. The predicted molar refractivity (Wildman–Crippen MR) is 64.4 cm³/mol. The molecule has 1 N–H and O–H groups in total. The molecule has 94 valence electrons. The van der Waals surface area contributed by atoms with E-state index in [1.165, 1.54) is 11.8 Å². The monoisotopic (exact) mass is 246 g/mol. The molecule has 1 unspecified atom stereocenters. The van der Waals surface area contributed by atoms with Gasteiger partial charge < -0.3 is 10.0 Å². The summed E-state index contributed by atoms with van der Waals surface area (Å²) in [4.78, 5) is 23.8. The third-order valence-electron chi connectivity index (χ3n) is 2.62. The first-order chi connectivity index (χ1) is 8.45. The maximum absolute atomic E-state index is 11.7. The van der Waals surface area contributed by atoms with E-state index in [9.17, 15) is 9.59 Å². The van der Waals surface area contributed by atoms with Crippen LogP contribution in [0.25, 0.3) is 0 Å². The number of rotatable bonds is 4. The largest absolute Gasteiger partial charge is 0.481 e. The van der Waals surface area contributed by atoms with Crippen LogP contribution in [0.15, 0.2) is 24.3 Å². The Hall–Kier alpha value is -2.35. The molecule has 1 aromatic rings. The first-order valence-electron chi connectivity index (χ1n) is 5.42. The quantitative estimate of drug-likeness (QED) is 0.810. The number of hydrogen-bond donors (Lipinski definition) is 1. The lowest BCUT2D eigenvalue weighted by atomic mass is 10.1. The molecular formula is C13H14N2O3. The van der Waals surface area contributed by atoms with Gasteiger partial charge in [-0.1, -0.05) is 12.1 Å². The fourth-order valence-electron chi connectivity index (χ4n) is 1.47. The second-order valence-electron chi connectivity index (χ2n) is 4.06. The third kappa shape index (κ3) is 3.32. The van der Waals surface area contributed by atoms with Crippen molar-refractivity contribution in [1.82, 2.24) is 4.90 Å². The average molecular weight is 246 g/mol. The molecule has 1 amide bonds. The normalized spacial score (nSPS) is 11.4. The highest BCUT2D eigenvalue weighted by molar-refractivity contribution is 5.96. The minimum absolute atomic E-state index is 0.322. The van der Waals surface area contributed by atoms with Crippen LogP contribution in [-0.2, 0) is 16.1 Å². The van der Waals surface area contributed by atoms with Gasteiger partial charge >= 0.3 is 5.97 Å². The van der Waals surface area contributed by atoms with Gasteiger partial charge in [-0.25, -0.2) is 0 Å². The molecule has 1 aromatic carbocycles. The Labute approximate surface area is 105 Å². The number of nitrogens with zero attached hydrogens (tertiary/aromatic N) is 2. The number of hydrogen-bond acceptors (Lipinski definition) is 3. The van der Waals surface area contributed by atoms with Crippen molar-refractivity contribution in [2.75, 3.05) is 7.05 Å². The van der Waals surface area contributed by atoms with Crippen LogP contribution in [-0.4, -0.2) is 28.9 Å². The highest BCUT2D eigenvalue weighted by Gasteiger charge is 2.23. The van der Waals surface area contributed by atoms with Crippen LogP contribution in [0, 0.1) is 17.2 Å². The summed E-state index contributed by atoms with van der Waals surface area (Å²) in [6, 6.07) is 8.81. The average Bonchev–Trinajstić information content (AvgIpc) is 2.37. The maximum Gasteiger partial charge on any atom is 0.315 e. The molecule has 0 aliphatic rings. The number of carboxylic acids is 1. The molecule has 0 saturated heterocycles. The van der Waals surface area contributed by atoms with Gasteiger partial charge in [0, 0.05) is 13.6 Å². The number of carboxylic acid groups (broad SMARTS) is 1. The van der Waals surface area contributed by atoms with Gasteiger partial charge in [0.15, 0.2) is 0 Å². The fourth-order valence-corrected chi connectivity index (χ4v) is 1.47. The minimum Gasteiger partial charge on any atom is -0.481 e.